The van der Waals surface area contributed by atoms with E-state index in [1.165, 1.54) is 0 Å². The Kier molecular flexibility index (Phi) is 5.72. The lowest BCUT2D eigenvalue weighted by molar-refractivity contribution is -0.128. The van der Waals surface area contributed by atoms with Gasteiger partial charge in [-0.2, -0.15) is 4.98 Å². The first-order chi connectivity index (χ1) is 12.6. The first-order valence-corrected chi connectivity index (χ1v) is 8.63. The number of hydrogen-bond acceptors (Lipinski definition) is 7. The van der Waals surface area contributed by atoms with Gasteiger partial charge in [0.2, 0.25) is 17.6 Å². The first kappa shape index (κ1) is 18.2. The highest BCUT2D eigenvalue weighted by Crippen LogP contribution is 2.31. The Morgan fingerprint density at radius 3 is 2.69 bits per heavy atom. The van der Waals surface area contributed by atoms with Gasteiger partial charge in [0.15, 0.2) is 11.5 Å². The molecule has 1 aromatic carbocycles. The first-order valence-electron chi connectivity index (χ1n) is 8.63. The van der Waals surface area contributed by atoms with Crippen molar-refractivity contribution in [3.8, 4) is 22.9 Å². The van der Waals surface area contributed by atoms with Crippen molar-refractivity contribution in [2.24, 2.45) is 0 Å². The van der Waals surface area contributed by atoms with Crippen LogP contribution in [-0.4, -0.2) is 66.2 Å². The predicted molar refractivity (Wildman–Crippen MR) is 95.0 cm³/mol. The maximum Gasteiger partial charge on any atom is 0.241 e. The molecule has 0 aliphatic carbocycles. The lowest BCUT2D eigenvalue weighted by Gasteiger charge is -2.19. The minimum atomic E-state index is 0.125. The topological polar surface area (TPSA) is 80.9 Å². The third kappa shape index (κ3) is 4.13. The molecule has 0 unspecified atom stereocenters. The summed E-state index contributed by atoms with van der Waals surface area (Å²) in [5, 5.41) is 4.08. The Morgan fingerprint density at radius 1 is 1.15 bits per heavy atom. The van der Waals surface area contributed by atoms with Crippen LogP contribution in [0.5, 0.6) is 11.5 Å². The molecule has 0 atom stereocenters. The molecule has 3 rings (SSSR count). The standard InChI is InChI=1S/C18H24N4O4/c1-13(23)22-8-4-7-21(9-10-22)12-17-19-18(20-26-17)14-5-6-15(24-2)16(11-14)25-3/h5-6,11H,4,7-10,12H2,1-3H3. The van der Waals surface area contributed by atoms with E-state index in [2.05, 4.69) is 15.0 Å². The second kappa shape index (κ2) is 8.18. The Bertz CT molecular complexity index is 761. The lowest BCUT2D eigenvalue weighted by Crippen LogP contribution is -2.33. The van der Waals surface area contributed by atoms with Crippen molar-refractivity contribution in [3.63, 3.8) is 0 Å². The zero-order valence-electron chi connectivity index (χ0n) is 15.4. The van der Waals surface area contributed by atoms with Gasteiger partial charge in [0, 0.05) is 38.7 Å². The van der Waals surface area contributed by atoms with Crippen molar-refractivity contribution >= 4 is 5.91 Å². The highest BCUT2D eigenvalue weighted by Gasteiger charge is 2.19. The van der Waals surface area contributed by atoms with Crippen molar-refractivity contribution in [2.75, 3.05) is 40.4 Å². The van der Waals surface area contributed by atoms with E-state index in [0.29, 0.717) is 29.8 Å². The molecule has 2 aromatic rings. The van der Waals surface area contributed by atoms with Crippen LogP contribution in [0.25, 0.3) is 11.4 Å². The molecule has 8 nitrogen and oxygen atoms in total. The highest BCUT2D eigenvalue weighted by atomic mass is 16.5. The smallest absolute Gasteiger partial charge is 0.241 e. The Balaban J connectivity index is 1.67. The fourth-order valence-corrected chi connectivity index (χ4v) is 3.05. The number of carbonyl (C=O) groups is 1. The highest BCUT2D eigenvalue weighted by molar-refractivity contribution is 5.73. The fraction of sp³-hybridized carbons (Fsp3) is 0.500. The molecule has 1 fully saturated rings. The van der Waals surface area contributed by atoms with Crippen LogP contribution < -0.4 is 9.47 Å². The summed E-state index contributed by atoms with van der Waals surface area (Å²) in [6, 6.07) is 5.51. The molecule has 1 amide bonds. The van der Waals surface area contributed by atoms with Crippen molar-refractivity contribution in [1.82, 2.24) is 19.9 Å². The number of aromatic nitrogens is 2. The van der Waals surface area contributed by atoms with Crippen LogP contribution in [0.4, 0.5) is 0 Å². The Labute approximate surface area is 152 Å². The quantitative estimate of drug-likeness (QED) is 0.804. The average Bonchev–Trinajstić information content (AvgIpc) is 2.98. The molecular formula is C18H24N4O4. The SMILES string of the molecule is COc1ccc(-c2noc(CN3CCCN(C(C)=O)CC3)n2)cc1OC. The van der Waals surface area contributed by atoms with Crippen molar-refractivity contribution in [3.05, 3.63) is 24.1 Å². The van der Waals surface area contributed by atoms with E-state index in [-0.39, 0.29) is 5.91 Å². The number of ether oxygens (including phenoxy) is 2. The molecule has 8 heteroatoms. The number of carbonyl (C=O) groups excluding carboxylic acids is 1. The minimum Gasteiger partial charge on any atom is -0.493 e. The molecule has 140 valence electrons. The molecule has 1 saturated heterocycles. The molecule has 2 heterocycles. The third-order valence-electron chi connectivity index (χ3n) is 4.50. The van der Waals surface area contributed by atoms with Gasteiger partial charge in [0.05, 0.1) is 20.8 Å². The van der Waals surface area contributed by atoms with Crippen LogP contribution in [-0.2, 0) is 11.3 Å². The summed E-state index contributed by atoms with van der Waals surface area (Å²) in [6.45, 7) is 5.42. The predicted octanol–water partition coefficient (Wildman–Crippen LogP) is 1.81. The normalized spacial score (nSPS) is 15.6. The Morgan fingerprint density at radius 2 is 1.96 bits per heavy atom. The maximum absolute atomic E-state index is 11.5. The number of nitrogens with zero attached hydrogens (tertiary/aromatic N) is 4. The second-order valence-electron chi connectivity index (χ2n) is 6.22. The van der Waals surface area contributed by atoms with Crippen molar-refractivity contribution < 1.29 is 18.8 Å². The van der Waals surface area contributed by atoms with Gasteiger partial charge < -0.3 is 18.9 Å². The average molecular weight is 360 g/mol. The monoisotopic (exact) mass is 360 g/mol. The van der Waals surface area contributed by atoms with E-state index < -0.39 is 0 Å². The fourth-order valence-electron chi connectivity index (χ4n) is 3.05. The van der Waals surface area contributed by atoms with E-state index in [1.807, 2.05) is 23.1 Å². The van der Waals surface area contributed by atoms with Gasteiger partial charge in [0.25, 0.3) is 0 Å². The van der Waals surface area contributed by atoms with Crippen LogP contribution in [0.15, 0.2) is 22.7 Å². The zero-order chi connectivity index (χ0) is 18.5. The van der Waals surface area contributed by atoms with Crippen LogP contribution in [0.3, 0.4) is 0 Å². The van der Waals surface area contributed by atoms with Crippen molar-refractivity contribution in [1.29, 1.82) is 0 Å². The van der Waals surface area contributed by atoms with E-state index in [9.17, 15) is 4.79 Å². The van der Waals surface area contributed by atoms with Gasteiger partial charge in [-0.25, -0.2) is 0 Å². The molecule has 1 aliphatic heterocycles. The van der Waals surface area contributed by atoms with Crippen LogP contribution >= 0.6 is 0 Å². The molecule has 0 radical (unpaired) electrons. The third-order valence-corrected chi connectivity index (χ3v) is 4.50. The van der Waals surface area contributed by atoms with E-state index in [4.69, 9.17) is 14.0 Å². The molecule has 0 spiro atoms. The summed E-state index contributed by atoms with van der Waals surface area (Å²) in [4.78, 5) is 20.1. The minimum absolute atomic E-state index is 0.125. The second-order valence-corrected chi connectivity index (χ2v) is 6.22. The number of hydrogen-bond donors (Lipinski definition) is 0. The van der Waals surface area contributed by atoms with Gasteiger partial charge in [-0.05, 0) is 24.6 Å². The molecule has 1 aliphatic rings. The van der Waals surface area contributed by atoms with Gasteiger partial charge in [-0.1, -0.05) is 5.16 Å². The van der Waals surface area contributed by atoms with Gasteiger partial charge in [0.1, 0.15) is 0 Å². The number of rotatable bonds is 5. The summed E-state index contributed by atoms with van der Waals surface area (Å²) in [5.41, 5.74) is 0.802. The zero-order valence-corrected chi connectivity index (χ0v) is 15.4. The van der Waals surface area contributed by atoms with E-state index in [1.54, 1.807) is 21.1 Å². The maximum atomic E-state index is 11.5. The van der Waals surface area contributed by atoms with Gasteiger partial charge in [-0.15, -0.1) is 0 Å². The molecule has 0 saturated carbocycles. The summed E-state index contributed by atoms with van der Waals surface area (Å²) in [6.07, 6.45) is 0.941. The summed E-state index contributed by atoms with van der Waals surface area (Å²) in [5.74, 6) is 2.47. The van der Waals surface area contributed by atoms with Crippen molar-refractivity contribution in [2.45, 2.75) is 19.9 Å². The number of methoxy groups -OCH3 is 2. The lowest BCUT2D eigenvalue weighted by atomic mass is 10.2. The molecule has 26 heavy (non-hydrogen) atoms. The van der Waals surface area contributed by atoms with Gasteiger partial charge in [-0.3, -0.25) is 9.69 Å². The molecule has 0 N–H and O–H groups in total. The van der Waals surface area contributed by atoms with E-state index in [0.717, 1.165) is 38.2 Å². The Hall–Kier alpha value is -2.61. The van der Waals surface area contributed by atoms with E-state index >= 15 is 0 Å². The summed E-state index contributed by atoms with van der Waals surface area (Å²) in [7, 11) is 3.19. The molecule has 0 bridgehead atoms. The van der Waals surface area contributed by atoms with Crippen LogP contribution in [0.1, 0.15) is 19.2 Å². The van der Waals surface area contributed by atoms with Crippen LogP contribution in [0.2, 0.25) is 0 Å². The van der Waals surface area contributed by atoms with Crippen LogP contribution in [0, 0.1) is 0 Å². The van der Waals surface area contributed by atoms with Gasteiger partial charge >= 0.3 is 0 Å². The molecular weight excluding hydrogens is 336 g/mol. The number of amides is 1. The summed E-state index contributed by atoms with van der Waals surface area (Å²) < 4.78 is 16.0. The summed E-state index contributed by atoms with van der Waals surface area (Å²) >= 11 is 0. The largest absolute Gasteiger partial charge is 0.493 e. The molecule has 1 aromatic heterocycles. The number of benzene rings is 1.